The average molecular weight is 576 g/mol. The molecule has 7 heteroatoms. The van der Waals surface area contributed by atoms with Gasteiger partial charge in [-0.1, -0.05) is 71.9 Å². The summed E-state index contributed by atoms with van der Waals surface area (Å²) >= 11 is 0. The summed E-state index contributed by atoms with van der Waals surface area (Å²) < 4.78 is 3.55. The van der Waals surface area contributed by atoms with Crippen LogP contribution < -0.4 is 5.62 Å². The molecule has 0 aliphatic heterocycles. The van der Waals surface area contributed by atoms with Crippen molar-refractivity contribution in [2.24, 2.45) is 0 Å². The number of phenolic OH excluding ortho intramolecular Hbond substituents is 1. The quantitative estimate of drug-likeness (QED) is 0.263. The molecule has 0 spiro atoms. The highest BCUT2D eigenvalue weighted by Crippen LogP contribution is 2.40. The van der Waals surface area contributed by atoms with Crippen LogP contribution in [0.2, 0.25) is 0 Å². The first-order valence-corrected chi connectivity index (χ1v) is 12.4. The van der Waals surface area contributed by atoms with Gasteiger partial charge in [-0.2, -0.15) is 5.26 Å². The van der Waals surface area contributed by atoms with Gasteiger partial charge < -0.3 is 14.2 Å². The molecule has 2 N–H and O–H groups in total. The summed E-state index contributed by atoms with van der Waals surface area (Å²) in [6.45, 7) is 12.5. The number of fused-ring (bicyclic) bond motifs is 1. The third-order valence-corrected chi connectivity index (χ3v) is 6.79. The van der Waals surface area contributed by atoms with Crippen LogP contribution in [0.25, 0.3) is 11.0 Å². The van der Waals surface area contributed by atoms with Gasteiger partial charge in [0.15, 0.2) is 5.78 Å². The predicted molar refractivity (Wildman–Crippen MR) is 156 cm³/mol. The highest BCUT2D eigenvalue weighted by Gasteiger charge is 2.28. The second kappa shape index (κ2) is 10.6. The predicted octanol–water partition coefficient (Wildman–Crippen LogP) is 6.60. The number of halogens is 1. The van der Waals surface area contributed by atoms with Gasteiger partial charge in [-0.05, 0) is 46.7 Å². The van der Waals surface area contributed by atoms with Gasteiger partial charge in [-0.3, -0.25) is 10.2 Å². The number of carbonyl (C=O) groups excluding carboxylic acids is 1. The van der Waals surface area contributed by atoms with Gasteiger partial charge >= 0.3 is 0 Å². The van der Waals surface area contributed by atoms with Crippen molar-refractivity contribution in [3.63, 3.8) is 0 Å². The van der Waals surface area contributed by atoms with Crippen molar-refractivity contribution in [2.45, 2.75) is 65.5 Å². The number of Topliss-reactive ketones (excluding diaryl/α,β-unsaturated/α-hetero) is 1. The lowest BCUT2D eigenvalue weighted by molar-refractivity contribution is 0.0971. The maximum Gasteiger partial charge on any atom is 0.203 e. The molecule has 198 valence electrons. The Kier molecular flexibility index (Phi) is 8.09. The molecular formula is C31H35BrN4O2. The number of hydrogen-bond donors (Lipinski definition) is 2. The molecule has 3 aromatic carbocycles. The summed E-state index contributed by atoms with van der Waals surface area (Å²) in [6.07, 6.45) is 0. The Labute approximate surface area is 234 Å². The van der Waals surface area contributed by atoms with E-state index in [9.17, 15) is 15.2 Å². The fourth-order valence-corrected chi connectivity index (χ4v) is 4.73. The molecule has 0 fully saturated rings. The maximum atomic E-state index is 13.7. The van der Waals surface area contributed by atoms with Crippen LogP contribution in [-0.4, -0.2) is 20.0 Å². The summed E-state index contributed by atoms with van der Waals surface area (Å²) in [6, 6.07) is 20.8. The number of para-hydroxylation sites is 2. The van der Waals surface area contributed by atoms with Crippen LogP contribution in [0.3, 0.4) is 0 Å². The highest BCUT2D eigenvalue weighted by atomic mass is 79.9. The fraction of sp³-hybridized carbons (Fsp3) is 0.323. The number of aromatic hydroxyl groups is 1. The van der Waals surface area contributed by atoms with Gasteiger partial charge in [0, 0.05) is 16.7 Å². The number of carbonyl (C=O) groups is 1. The van der Waals surface area contributed by atoms with E-state index in [1.165, 1.54) is 0 Å². The molecule has 0 saturated heterocycles. The Bertz CT molecular complexity index is 1570. The van der Waals surface area contributed by atoms with Gasteiger partial charge in [0.1, 0.15) is 5.75 Å². The molecule has 0 atom stereocenters. The summed E-state index contributed by atoms with van der Waals surface area (Å²) in [5, 5.41) is 29.6. The summed E-state index contributed by atoms with van der Waals surface area (Å²) in [7, 11) is 0. The normalized spacial score (nSPS) is 11.7. The van der Waals surface area contributed by atoms with Gasteiger partial charge in [-0.15, -0.1) is 17.0 Å². The van der Waals surface area contributed by atoms with Crippen molar-refractivity contribution in [1.29, 1.82) is 10.7 Å². The monoisotopic (exact) mass is 574 g/mol. The zero-order chi connectivity index (χ0) is 27.1. The number of phenols is 1. The number of nitrogens with one attached hydrogen (secondary N) is 1. The van der Waals surface area contributed by atoms with E-state index in [2.05, 4.69) is 6.07 Å². The van der Waals surface area contributed by atoms with E-state index < -0.39 is 0 Å². The maximum absolute atomic E-state index is 13.7. The highest BCUT2D eigenvalue weighted by molar-refractivity contribution is 8.93. The Hall–Kier alpha value is -3.63. The number of aromatic nitrogens is 2. The van der Waals surface area contributed by atoms with Crippen molar-refractivity contribution in [3.8, 4) is 11.8 Å². The molecule has 1 heterocycles. The van der Waals surface area contributed by atoms with Crippen LogP contribution in [-0.2, 0) is 23.9 Å². The summed E-state index contributed by atoms with van der Waals surface area (Å²) in [5.41, 5.74) is 4.46. The summed E-state index contributed by atoms with van der Waals surface area (Å²) in [5.74, 6) is 0.105. The standard InChI is InChI=1S/C31H34N4O2.BrH/c1-30(2,3)23-15-22(16-24(28(23)37)31(4,5)6)27(36)19-35-26-14-10-9-13-25(26)34(29(35)33)18-21-12-8-7-11-20(21)17-32;/h7-16,33,37H,18-19H2,1-6H3;1H. The molecule has 0 aliphatic carbocycles. The van der Waals surface area contributed by atoms with Crippen molar-refractivity contribution >= 4 is 33.8 Å². The molecule has 1 aromatic heterocycles. The largest absolute Gasteiger partial charge is 0.507 e. The molecule has 0 aliphatic rings. The van der Waals surface area contributed by atoms with Crippen LogP contribution in [0.15, 0.2) is 60.7 Å². The zero-order valence-corrected chi connectivity index (χ0v) is 24.5. The van der Waals surface area contributed by atoms with Gasteiger partial charge in [0.25, 0.3) is 0 Å². The Morgan fingerprint density at radius 2 is 1.39 bits per heavy atom. The molecule has 0 amide bonds. The number of hydrogen-bond acceptors (Lipinski definition) is 4. The number of imidazole rings is 1. The number of rotatable bonds is 5. The van der Waals surface area contributed by atoms with Crippen LogP contribution in [0.4, 0.5) is 0 Å². The molecule has 4 rings (SSSR count). The van der Waals surface area contributed by atoms with Gasteiger partial charge in [0.2, 0.25) is 5.62 Å². The molecule has 0 bridgehead atoms. The molecule has 0 radical (unpaired) electrons. The first-order valence-electron chi connectivity index (χ1n) is 12.4. The lowest BCUT2D eigenvalue weighted by Gasteiger charge is -2.28. The second-order valence-electron chi connectivity index (χ2n) is 11.6. The molecular weight excluding hydrogens is 540 g/mol. The lowest BCUT2D eigenvalue weighted by atomic mass is 9.78. The molecule has 4 aromatic rings. The average Bonchev–Trinajstić information content (AvgIpc) is 3.09. The fourth-order valence-electron chi connectivity index (χ4n) is 4.73. The topological polar surface area (TPSA) is 94.8 Å². The molecule has 6 nitrogen and oxygen atoms in total. The van der Waals surface area contributed by atoms with Crippen LogP contribution in [0.1, 0.15) is 74.2 Å². The van der Waals surface area contributed by atoms with Crippen LogP contribution in [0.5, 0.6) is 5.75 Å². The van der Waals surface area contributed by atoms with E-state index in [0.717, 1.165) is 27.7 Å². The van der Waals surface area contributed by atoms with E-state index >= 15 is 0 Å². The summed E-state index contributed by atoms with van der Waals surface area (Å²) in [4.78, 5) is 13.7. The van der Waals surface area contributed by atoms with Gasteiger partial charge in [0.05, 0.1) is 35.8 Å². The first kappa shape index (κ1) is 28.9. The minimum absolute atomic E-state index is 0. The zero-order valence-electron chi connectivity index (χ0n) is 22.8. The number of benzene rings is 3. The number of ketones is 1. The number of nitriles is 1. The Morgan fingerprint density at radius 3 is 1.92 bits per heavy atom. The van der Waals surface area contributed by atoms with Crippen molar-refractivity contribution in [1.82, 2.24) is 9.13 Å². The Morgan fingerprint density at radius 1 is 0.895 bits per heavy atom. The third-order valence-electron chi connectivity index (χ3n) is 6.79. The van der Waals surface area contributed by atoms with E-state index in [0.29, 0.717) is 17.7 Å². The van der Waals surface area contributed by atoms with E-state index in [1.54, 1.807) is 22.8 Å². The lowest BCUT2D eigenvalue weighted by Crippen LogP contribution is -2.28. The van der Waals surface area contributed by atoms with Crippen LogP contribution in [0, 0.1) is 16.7 Å². The van der Waals surface area contributed by atoms with E-state index in [-0.39, 0.29) is 51.5 Å². The SMILES string of the molecule is Br.CC(C)(C)c1cc(C(=O)Cn2c(=N)n(Cc3ccccc3C#N)c3ccccc32)cc(C(C)(C)C)c1O. The third kappa shape index (κ3) is 5.46. The molecule has 38 heavy (non-hydrogen) atoms. The molecule has 0 unspecified atom stereocenters. The van der Waals surface area contributed by atoms with E-state index in [4.69, 9.17) is 5.41 Å². The van der Waals surface area contributed by atoms with Crippen molar-refractivity contribution < 1.29 is 9.90 Å². The van der Waals surface area contributed by atoms with Crippen LogP contribution >= 0.6 is 17.0 Å². The van der Waals surface area contributed by atoms with E-state index in [1.807, 2.05) is 88.6 Å². The second-order valence-corrected chi connectivity index (χ2v) is 11.6. The van der Waals surface area contributed by atoms with Gasteiger partial charge in [-0.25, -0.2) is 0 Å². The minimum atomic E-state index is -0.349. The molecule has 0 saturated carbocycles. The smallest absolute Gasteiger partial charge is 0.203 e. The number of nitrogens with zero attached hydrogens (tertiary/aromatic N) is 3. The Balaban J connectivity index is 0.00000400. The van der Waals surface area contributed by atoms with Crippen molar-refractivity contribution in [2.75, 3.05) is 0 Å². The van der Waals surface area contributed by atoms with Crippen molar-refractivity contribution in [3.05, 3.63) is 94.1 Å². The first-order chi connectivity index (χ1) is 17.3. The minimum Gasteiger partial charge on any atom is -0.507 e.